The van der Waals surface area contributed by atoms with E-state index >= 15 is 8.78 Å². The number of benzene rings is 2. The number of sulfone groups is 1. The van der Waals surface area contributed by atoms with Crippen molar-refractivity contribution in [1.82, 2.24) is 14.9 Å². The number of anilines is 2. The zero-order valence-electron chi connectivity index (χ0n) is 25.9. The van der Waals surface area contributed by atoms with Crippen LogP contribution in [0.4, 0.5) is 20.3 Å². The van der Waals surface area contributed by atoms with E-state index in [1.54, 1.807) is 12.1 Å². The molecule has 2 fully saturated rings. The normalized spacial score (nSPS) is 26.2. The number of hydrogen-bond donors (Lipinski definition) is 1. The van der Waals surface area contributed by atoms with Gasteiger partial charge in [0.25, 0.3) is 5.92 Å². The maximum atomic E-state index is 15.9. The average molecular weight is 644 g/mol. The number of nitrogens with zero attached hydrogens (tertiary/aromatic N) is 4. The quantitative estimate of drug-likeness (QED) is 0.373. The van der Waals surface area contributed by atoms with E-state index < -0.39 is 21.7 Å². The van der Waals surface area contributed by atoms with Gasteiger partial charge < -0.3 is 24.6 Å². The van der Waals surface area contributed by atoms with E-state index in [0.717, 1.165) is 42.4 Å². The lowest BCUT2D eigenvalue weighted by molar-refractivity contribution is -0.0858. The van der Waals surface area contributed by atoms with Gasteiger partial charge in [-0.15, -0.1) is 0 Å². The van der Waals surface area contributed by atoms with Crippen molar-refractivity contribution in [2.75, 3.05) is 74.3 Å². The second kappa shape index (κ2) is 13.7. The molecule has 1 aromatic heterocycles. The third kappa shape index (κ3) is 7.49. The number of halogens is 2. The SMILES string of the molecule is C[C@H]1Nc2ncnc3cc(c(N4CCS(=O)(=O)CC4)cc23)OCCCCOCCCN2CCC(CC2)C(F)(F)c2cccc1c2. The highest BCUT2D eigenvalue weighted by molar-refractivity contribution is 7.91. The molecule has 12 heteroatoms. The van der Waals surface area contributed by atoms with Crippen LogP contribution in [0.3, 0.4) is 0 Å². The monoisotopic (exact) mass is 643 g/mol. The Kier molecular flexibility index (Phi) is 9.72. The molecule has 0 amide bonds. The fourth-order valence-corrected chi connectivity index (χ4v) is 7.74. The molecule has 7 heterocycles. The summed E-state index contributed by atoms with van der Waals surface area (Å²) in [5.74, 6) is -2.24. The Morgan fingerprint density at radius 2 is 1.69 bits per heavy atom. The van der Waals surface area contributed by atoms with Crippen LogP contribution < -0.4 is 15.0 Å². The molecular formula is C33H43F2N5O4S. The summed E-state index contributed by atoms with van der Waals surface area (Å²) < 4.78 is 68.2. The lowest BCUT2D eigenvalue weighted by Gasteiger charge is -2.36. The maximum absolute atomic E-state index is 15.9. The third-order valence-corrected chi connectivity index (χ3v) is 10.9. The van der Waals surface area contributed by atoms with E-state index in [2.05, 4.69) is 20.2 Å². The number of alkyl halides is 2. The Morgan fingerprint density at radius 3 is 2.49 bits per heavy atom. The average Bonchev–Trinajstić information content (AvgIpc) is 3.04. The summed E-state index contributed by atoms with van der Waals surface area (Å²) in [5.41, 5.74) is 2.26. The van der Waals surface area contributed by atoms with Crippen molar-refractivity contribution in [1.29, 1.82) is 0 Å². The molecule has 8 bridgehead atoms. The van der Waals surface area contributed by atoms with Crippen molar-refractivity contribution in [2.24, 2.45) is 5.92 Å². The largest absolute Gasteiger partial charge is 0.491 e. The van der Waals surface area contributed by atoms with Gasteiger partial charge in [-0.3, -0.25) is 0 Å². The van der Waals surface area contributed by atoms with Crippen molar-refractivity contribution >= 4 is 32.2 Å². The van der Waals surface area contributed by atoms with E-state index in [-0.39, 0.29) is 23.1 Å². The molecule has 0 saturated carbocycles. The second-order valence-corrected chi connectivity index (χ2v) is 14.8. The lowest BCUT2D eigenvalue weighted by Crippen LogP contribution is -2.40. The highest BCUT2D eigenvalue weighted by Crippen LogP contribution is 2.42. The summed E-state index contributed by atoms with van der Waals surface area (Å²) in [5, 5.41) is 4.18. The first-order valence-corrected chi connectivity index (χ1v) is 17.9. The van der Waals surface area contributed by atoms with Crippen LogP contribution in [0.5, 0.6) is 5.75 Å². The van der Waals surface area contributed by atoms with Gasteiger partial charge in [0.05, 0.1) is 29.3 Å². The number of hydrogen-bond acceptors (Lipinski definition) is 9. The highest BCUT2D eigenvalue weighted by Gasteiger charge is 2.42. The van der Waals surface area contributed by atoms with Gasteiger partial charge in [0.1, 0.15) is 17.9 Å². The molecule has 0 aliphatic carbocycles. The predicted octanol–water partition coefficient (Wildman–Crippen LogP) is 5.42. The Balaban J connectivity index is 1.32. The minimum atomic E-state index is -3.07. The van der Waals surface area contributed by atoms with Crippen molar-refractivity contribution in [2.45, 2.75) is 51.0 Å². The zero-order valence-corrected chi connectivity index (χ0v) is 26.7. The molecule has 2 saturated heterocycles. The van der Waals surface area contributed by atoms with Crippen LogP contribution in [0.15, 0.2) is 42.7 Å². The molecule has 0 unspecified atom stereocenters. The van der Waals surface area contributed by atoms with Crippen LogP contribution in [0, 0.1) is 5.92 Å². The van der Waals surface area contributed by atoms with Crippen molar-refractivity contribution in [3.63, 3.8) is 0 Å². The summed E-state index contributed by atoms with van der Waals surface area (Å²) in [6.07, 6.45) is 4.94. The van der Waals surface area contributed by atoms with E-state index in [4.69, 9.17) is 9.47 Å². The predicted molar refractivity (Wildman–Crippen MR) is 172 cm³/mol. The molecule has 1 atom stereocenters. The number of ether oxygens (including phenoxy) is 2. The van der Waals surface area contributed by atoms with Crippen molar-refractivity contribution in [3.8, 4) is 5.75 Å². The molecule has 2 aromatic carbocycles. The Hall–Kier alpha value is -3.09. The fourth-order valence-electron chi connectivity index (χ4n) is 6.54. The molecule has 1 N–H and O–H groups in total. The molecule has 9 nitrogen and oxygen atoms in total. The Morgan fingerprint density at radius 1 is 0.933 bits per heavy atom. The number of nitrogens with one attached hydrogen (secondary N) is 1. The van der Waals surface area contributed by atoms with Crippen LogP contribution in [0.25, 0.3) is 10.9 Å². The van der Waals surface area contributed by atoms with E-state index in [1.807, 2.05) is 30.0 Å². The summed E-state index contributed by atoms with van der Waals surface area (Å²) in [6.45, 7) is 6.64. The summed E-state index contributed by atoms with van der Waals surface area (Å²) >= 11 is 0. The summed E-state index contributed by atoms with van der Waals surface area (Å²) in [6, 6.07) is 10.3. The number of aromatic nitrogens is 2. The molecule has 3 aromatic rings. The molecule has 9 rings (SSSR count). The Labute approximate surface area is 264 Å². The summed E-state index contributed by atoms with van der Waals surface area (Å²) in [7, 11) is -3.07. The van der Waals surface area contributed by atoms with Crippen LogP contribution in [0.1, 0.15) is 56.2 Å². The first-order valence-electron chi connectivity index (χ1n) is 16.1. The van der Waals surface area contributed by atoms with Crippen molar-refractivity contribution in [3.05, 3.63) is 53.9 Å². The summed E-state index contributed by atoms with van der Waals surface area (Å²) in [4.78, 5) is 13.3. The number of rotatable bonds is 1. The third-order valence-electron chi connectivity index (χ3n) is 9.33. The van der Waals surface area contributed by atoms with Crippen LogP contribution >= 0.6 is 0 Å². The van der Waals surface area contributed by atoms with Gasteiger partial charge in [-0.1, -0.05) is 18.2 Å². The van der Waals surface area contributed by atoms with Gasteiger partial charge in [0.15, 0.2) is 9.84 Å². The van der Waals surface area contributed by atoms with Gasteiger partial charge in [-0.2, -0.15) is 0 Å². The fraction of sp³-hybridized carbons (Fsp3) is 0.576. The van der Waals surface area contributed by atoms with Gasteiger partial charge in [-0.05, 0) is 69.8 Å². The highest BCUT2D eigenvalue weighted by atomic mass is 32.2. The molecule has 244 valence electrons. The van der Waals surface area contributed by atoms with Crippen molar-refractivity contribution < 1.29 is 26.7 Å². The van der Waals surface area contributed by atoms with Gasteiger partial charge in [-0.25, -0.2) is 27.2 Å². The first-order chi connectivity index (χ1) is 21.7. The van der Waals surface area contributed by atoms with Gasteiger partial charge >= 0.3 is 0 Å². The van der Waals surface area contributed by atoms with Crippen LogP contribution in [0.2, 0.25) is 0 Å². The molecular weight excluding hydrogens is 600 g/mol. The minimum absolute atomic E-state index is 0.0478. The zero-order chi connectivity index (χ0) is 31.4. The first kappa shape index (κ1) is 31.9. The standard InChI is InChI=1S/C33H43F2N5O4S/c1-24-25-6-4-7-27(20-25)33(34,35)26-8-11-39(12-9-26)10-5-16-43-15-2-3-17-44-31-22-29-28(32(38-24)37-23-36-29)21-30(31)40-13-18-45(41,42)19-14-40/h4,6-7,20-24,26H,2-3,5,8-19H2,1H3,(H,36,37,38)/t24-/m1/s1. The minimum Gasteiger partial charge on any atom is -0.491 e. The maximum Gasteiger partial charge on any atom is 0.276 e. The van der Waals surface area contributed by atoms with E-state index in [0.29, 0.717) is 75.9 Å². The molecule has 6 aliphatic rings. The van der Waals surface area contributed by atoms with Gasteiger partial charge in [0, 0.05) is 61.8 Å². The molecule has 45 heavy (non-hydrogen) atoms. The van der Waals surface area contributed by atoms with Crippen LogP contribution in [-0.4, -0.2) is 87.3 Å². The van der Waals surface area contributed by atoms with E-state index in [1.165, 1.54) is 12.4 Å². The van der Waals surface area contributed by atoms with E-state index in [9.17, 15) is 8.42 Å². The lowest BCUT2D eigenvalue weighted by atomic mass is 9.85. The molecule has 0 spiro atoms. The molecule has 6 aliphatic heterocycles. The van der Waals surface area contributed by atoms with Crippen LogP contribution in [-0.2, 0) is 20.5 Å². The topological polar surface area (TPSA) is 96.9 Å². The molecule has 0 radical (unpaired) electrons. The Bertz CT molecular complexity index is 1570. The van der Waals surface area contributed by atoms with Gasteiger partial charge in [0.2, 0.25) is 0 Å². The number of piperidine rings is 1. The second-order valence-electron chi connectivity index (χ2n) is 12.5. The smallest absolute Gasteiger partial charge is 0.276 e.